The quantitative estimate of drug-likeness (QED) is 0.454. The molecule has 0 aliphatic heterocycles. The van der Waals surface area contributed by atoms with Crippen LogP contribution in [-0.4, -0.2) is 9.97 Å². The Balaban J connectivity index is 1.58. The molecule has 1 N–H and O–H groups in total. The summed E-state index contributed by atoms with van der Waals surface area (Å²) in [6.45, 7) is 4.36. The number of fused-ring (bicyclic) bond motifs is 1. The van der Waals surface area contributed by atoms with Gasteiger partial charge in [-0.2, -0.15) is 5.26 Å². The van der Waals surface area contributed by atoms with Crippen LogP contribution in [0.4, 0.5) is 0 Å². The molecule has 2 heterocycles. The number of hydrogen-bond donors (Lipinski definition) is 1. The predicted octanol–water partition coefficient (Wildman–Crippen LogP) is 5.24. The molecule has 0 unspecified atom stereocenters. The van der Waals surface area contributed by atoms with Crippen molar-refractivity contribution in [1.82, 2.24) is 9.97 Å². The lowest BCUT2D eigenvalue weighted by molar-refractivity contribution is 0.306. The molecule has 0 aliphatic rings. The average molecular weight is 414 g/mol. The molecule has 0 atom stereocenters. The van der Waals surface area contributed by atoms with Gasteiger partial charge >= 0.3 is 0 Å². The van der Waals surface area contributed by atoms with Crippen molar-refractivity contribution < 1.29 is 4.74 Å². The van der Waals surface area contributed by atoms with E-state index in [0.717, 1.165) is 27.3 Å². The Kier molecular flexibility index (Phi) is 5.46. The summed E-state index contributed by atoms with van der Waals surface area (Å²) >= 11 is 1.46. The van der Waals surface area contributed by atoms with Crippen LogP contribution in [0, 0.1) is 25.2 Å². The molecular weight excluding hydrogens is 394 g/mol. The molecule has 0 aliphatic carbocycles. The zero-order chi connectivity index (χ0) is 21.1. The second-order valence-corrected chi connectivity index (χ2v) is 8.09. The Morgan fingerprint density at radius 2 is 1.90 bits per heavy atom. The Morgan fingerprint density at radius 1 is 1.17 bits per heavy atom. The standard InChI is InChI=1S/C24H19N3O2S/c1-15-16(2)30-24-21(15)23(28)26-22(27-24)19(13-25)12-17-8-10-20(11-9-17)29-14-18-6-4-3-5-7-18/h3-12H,14H2,1-2H3,(H,26,27,28). The number of aryl methyl sites for hydroxylation is 2. The first-order valence-electron chi connectivity index (χ1n) is 9.44. The first-order chi connectivity index (χ1) is 14.5. The van der Waals surface area contributed by atoms with Crippen molar-refractivity contribution in [3.8, 4) is 11.8 Å². The number of rotatable bonds is 5. The highest BCUT2D eigenvalue weighted by Gasteiger charge is 2.14. The topological polar surface area (TPSA) is 78.8 Å². The smallest absolute Gasteiger partial charge is 0.260 e. The highest BCUT2D eigenvalue weighted by Crippen LogP contribution is 2.27. The van der Waals surface area contributed by atoms with E-state index in [1.165, 1.54) is 11.3 Å². The molecule has 0 fully saturated rings. The summed E-state index contributed by atoms with van der Waals surface area (Å²) in [6.07, 6.45) is 1.71. The molecule has 5 nitrogen and oxygen atoms in total. The average Bonchev–Trinajstić information content (AvgIpc) is 3.06. The van der Waals surface area contributed by atoms with E-state index in [9.17, 15) is 10.1 Å². The number of nitrogens with zero attached hydrogens (tertiary/aromatic N) is 2. The molecule has 30 heavy (non-hydrogen) atoms. The number of allylic oxidation sites excluding steroid dienone is 1. The third kappa shape index (κ3) is 4.02. The third-order valence-corrected chi connectivity index (χ3v) is 5.96. The van der Waals surface area contributed by atoms with Gasteiger partial charge in [0.05, 0.1) is 11.0 Å². The summed E-state index contributed by atoms with van der Waals surface area (Å²) in [5, 5.41) is 10.2. The van der Waals surface area contributed by atoms with Gasteiger partial charge in [-0.25, -0.2) is 4.98 Å². The maximum Gasteiger partial charge on any atom is 0.260 e. The van der Waals surface area contributed by atoms with Crippen molar-refractivity contribution in [2.45, 2.75) is 20.5 Å². The number of hydrogen-bond acceptors (Lipinski definition) is 5. The van der Waals surface area contributed by atoms with E-state index >= 15 is 0 Å². The molecule has 0 radical (unpaired) electrons. The lowest BCUT2D eigenvalue weighted by Crippen LogP contribution is -2.10. The summed E-state index contributed by atoms with van der Waals surface area (Å²) in [5.74, 6) is 1.02. The normalized spacial score (nSPS) is 11.4. The minimum Gasteiger partial charge on any atom is -0.489 e. The number of aromatic nitrogens is 2. The van der Waals surface area contributed by atoms with Crippen molar-refractivity contribution in [3.63, 3.8) is 0 Å². The number of ether oxygens (including phenoxy) is 1. The molecule has 2 aromatic carbocycles. The molecule has 0 bridgehead atoms. The van der Waals surface area contributed by atoms with Crippen molar-refractivity contribution in [2.24, 2.45) is 0 Å². The lowest BCUT2D eigenvalue weighted by atomic mass is 10.1. The van der Waals surface area contributed by atoms with Gasteiger partial charge in [0.2, 0.25) is 0 Å². The van der Waals surface area contributed by atoms with E-state index in [1.54, 1.807) is 6.08 Å². The van der Waals surface area contributed by atoms with Crippen LogP contribution in [-0.2, 0) is 6.61 Å². The van der Waals surface area contributed by atoms with Gasteiger partial charge in [0, 0.05) is 4.88 Å². The zero-order valence-corrected chi connectivity index (χ0v) is 17.4. The number of thiophene rings is 1. The lowest BCUT2D eigenvalue weighted by Gasteiger charge is -2.06. The van der Waals surface area contributed by atoms with Crippen LogP contribution in [0.3, 0.4) is 0 Å². The molecule has 6 heteroatoms. The highest BCUT2D eigenvalue weighted by molar-refractivity contribution is 7.18. The maximum absolute atomic E-state index is 12.5. The first kappa shape index (κ1) is 19.6. The second-order valence-electron chi connectivity index (χ2n) is 6.89. The summed E-state index contributed by atoms with van der Waals surface area (Å²) in [6, 6.07) is 19.5. The van der Waals surface area contributed by atoms with Gasteiger partial charge in [-0.1, -0.05) is 42.5 Å². The molecule has 4 aromatic rings. The molecule has 0 amide bonds. The number of aromatic amines is 1. The van der Waals surface area contributed by atoms with Crippen LogP contribution in [0.25, 0.3) is 21.9 Å². The SMILES string of the molecule is Cc1sc2nc(C(C#N)=Cc3ccc(OCc4ccccc4)cc3)[nH]c(=O)c2c1C. The Hall–Kier alpha value is -3.69. The minimum absolute atomic E-state index is 0.220. The molecule has 4 rings (SSSR count). The zero-order valence-electron chi connectivity index (χ0n) is 16.6. The van der Waals surface area contributed by atoms with Crippen molar-refractivity contribution in [1.29, 1.82) is 5.26 Å². The minimum atomic E-state index is -0.220. The Bertz CT molecular complexity index is 1330. The van der Waals surface area contributed by atoms with Gasteiger partial charge in [0.25, 0.3) is 5.56 Å². The molecule has 0 saturated carbocycles. The molecule has 0 saturated heterocycles. The fraction of sp³-hybridized carbons (Fsp3) is 0.125. The summed E-state index contributed by atoms with van der Waals surface area (Å²) in [4.78, 5) is 21.5. The van der Waals surface area contributed by atoms with Crippen molar-refractivity contribution in [2.75, 3.05) is 0 Å². The Morgan fingerprint density at radius 3 is 2.60 bits per heavy atom. The van der Waals surface area contributed by atoms with Crippen LogP contribution in [0.15, 0.2) is 59.4 Å². The Labute approximate surface area is 177 Å². The number of nitriles is 1. The summed E-state index contributed by atoms with van der Waals surface area (Å²) in [7, 11) is 0. The van der Waals surface area contributed by atoms with E-state index in [0.29, 0.717) is 22.4 Å². The number of nitrogens with one attached hydrogen (secondary N) is 1. The third-order valence-electron chi connectivity index (χ3n) is 4.85. The molecule has 148 valence electrons. The second kappa shape index (κ2) is 8.36. The fourth-order valence-corrected chi connectivity index (χ4v) is 4.13. The van der Waals surface area contributed by atoms with E-state index in [-0.39, 0.29) is 11.4 Å². The van der Waals surface area contributed by atoms with E-state index in [4.69, 9.17) is 4.74 Å². The number of benzene rings is 2. The van der Waals surface area contributed by atoms with E-state index in [1.807, 2.05) is 68.4 Å². The van der Waals surface area contributed by atoms with Crippen molar-refractivity contribution >= 4 is 33.2 Å². The fourth-order valence-electron chi connectivity index (χ4n) is 3.10. The predicted molar refractivity (Wildman–Crippen MR) is 120 cm³/mol. The van der Waals surface area contributed by atoms with Crippen LogP contribution < -0.4 is 10.3 Å². The monoisotopic (exact) mass is 413 g/mol. The van der Waals surface area contributed by atoms with Crippen LogP contribution in [0.5, 0.6) is 5.75 Å². The first-order valence-corrected chi connectivity index (χ1v) is 10.3. The summed E-state index contributed by atoms with van der Waals surface area (Å²) in [5.41, 5.74) is 2.93. The van der Waals surface area contributed by atoms with Gasteiger partial charge in [-0.15, -0.1) is 11.3 Å². The van der Waals surface area contributed by atoms with E-state index < -0.39 is 0 Å². The maximum atomic E-state index is 12.5. The van der Waals surface area contributed by atoms with Crippen molar-refractivity contribution in [3.05, 3.63) is 92.3 Å². The largest absolute Gasteiger partial charge is 0.489 e. The number of H-pyrrole nitrogens is 1. The van der Waals surface area contributed by atoms with Crippen LogP contribution >= 0.6 is 11.3 Å². The molecule has 0 spiro atoms. The van der Waals surface area contributed by atoms with E-state index in [2.05, 4.69) is 16.0 Å². The van der Waals surface area contributed by atoms with Gasteiger partial charge < -0.3 is 9.72 Å². The van der Waals surface area contributed by atoms with Gasteiger partial charge in [-0.05, 0) is 48.7 Å². The summed E-state index contributed by atoms with van der Waals surface area (Å²) < 4.78 is 5.80. The molecule has 2 aromatic heterocycles. The van der Waals surface area contributed by atoms with Crippen LogP contribution in [0.1, 0.15) is 27.4 Å². The van der Waals surface area contributed by atoms with Gasteiger partial charge in [0.1, 0.15) is 23.3 Å². The van der Waals surface area contributed by atoms with Crippen LogP contribution in [0.2, 0.25) is 0 Å². The van der Waals surface area contributed by atoms with Gasteiger partial charge in [0.15, 0.2) is 5.82 Å². The van der Waals surface area contributed by atoms with Gasteiger partial charge in [-0.3, -0.25) is 4.79 Å². The highest BCUT2D eigenvalue weighted by atomic mass is 32.1. The molecular formula is C24H19N3O2S.